The minimum atomic E-state index is 0.0866. The van der Waals surface area contributed by atoms with Crippen LogP contribution in [0.15, 0.2) is 79.0 Å². The average molecular weight is 482 g/mol. The van der Waals surface area contributed by atoms with Crippen LogP contribution in [0.2, 0.25) is 0 Å². The van der Waals surface area contributed by atoms with Gasteiger partial charge in [-0.3, -0.25) is 4.79 Å². The number of carbonyl (C=O) groups is 1. The summed E-state index contributed by atoms with van der Waals surface area (Å²) in [4.78, 5) is 25.0. The quantitative estimate of drug-likeness (QED) is 0.349. The number of anilines is 2. The zero-order valence-electron chi connectivity index (χ0n) is 18.9. The van der Waals surface area contributed by atoms with Crippen molar-refractivity contribution in [2.75, 3.05) is 31.5 Å². The summed E-state index contributed by atoms with van der Waals surface area (Å²) in [6.45, 7) is 3.13. The molecule has 1 amide bonds. The van der Waals surface area contributed by atoms with Gasteiger partial charge in [-0.25, -0.2) is 9.97 Å². The number of hydrogen-bond acceptors (Lipinski definition) is 7. The highest BCUT2D eigenvalue weighted by molar-refractivity contribution is 7.21. The van der Waals surface area contributed by atoms with Crippen molar-refractivity contribution in [1.82, 2.24) is 20.2 Å². The lowest BCUT2D eigenvalue weighted by Gasteiger charge is -2.26. The molecule has 6 rings (SSSR count). The molecule has 8 heteroatoms. The van der Waals surface area contributed by atoms with Crippen LogP contribution in [-0.4, -0.2) is 47.0 Å². The van der Waals surface area contributed by atoms with Crippen LogP contribution in [0.5, 0.6) is 11.5 Å². The fraction of sp³-hybridized carbons (Fsp3) is 0.148. The minimum absolute atomic E-state index is 0.0866. The van der Waals surface area contributed by atoms with Gasteiger partial charge >= 0.3 is 0 Å². The predicted molar refractivity (Wildman–Crippen MR) is 140 cm³/mol. The van der Waals surface area contributed by atoms with E-state index >= 15 is 0 Å². The van der Waals surface area contributed by atoms with Gasteiger partial charge in [0.15, 0.2) is 0 Å². The van der Waals surface area contributed by atoms with Crippen LogP contribution in [0.1, 0.15) is 9.67 Å². The SMILES string of the molecule is O=C(c1cc2c(ccc3cnc(Nc4cccc(Oc5ccccc5)c4)nc32)s1)N1CCNCC1. The molecule has 0 spiro atoms. The van der Waals surface area contributed by atoms with E-state index < -0.39 is 0 Å². The van der Waals surface area contributed by atoms with Gasteiger partial charge < -0.3 is 20.3 Å². The Morgan fingerprint density at radius 2 is 1.80 bits per heavy atom. The summed E-state index contributed by atoms with van der Waals surface area (Å²) in [6, 6.07) is 23.4. The van der Waals surface area contributed by atoms with Crippen LogP contribution in [0.3, 0.4) is 0 Å². The summed E-state index contributed by atoms with van der Waals surface area (Å²) in [5.41, 5.74) is 1.65. The number of benzene rings is 3. The number of para-hydroxylation sites is 1. The highest BCUT2D eigenvalue weighted by atomic mass is 32.1. The van der Waals surface area contributed by atoms with Gasteiger partial charge in [0.1, 0.15) is 11.5 Å². The summed E-state index contributed by atoms with van der Waals surface area (Å²) in [7, 11) is 0. The normalized spacial score (nSPS) is 13.8. The summed E-state index contributed by atoms with van der Waals surface area (Å²) in [5, 5.41) is 8.48. The van der Waals surface area contributed by atoms with Gasteiger partial charge in [0.2, 0.25) is 5.95 Å². The summed E-state index contributed by atoms with van der Waals surface area (Å²) in [5.74, 6) is 2.07. The van der Waals surface area contributed by atoms with Gasteiger partial charge in [-0.2, -0.15) is 0 Å². The first-order valence-corrected chi connectivity index (χ1v) is 12.3. The van der Waals surface area contributed by atoms with Crippen molar-refractivity contribution >= 4 is 49.9 Å². The molecule has 3 heterocycles. The first-order chi connectivity index (χ1) is 17.2. The number of nitrogens with one attached hydrogen (secondary N) is 2. The number of aromatic nitrogens is 2. The van der Waals surface area contributed by atoms with Crippen molar-refractivity contribution in [3.8, 4) is 11.5 Å². The van der Waals surface area contributed by atoms with Gasteiger partial charge in [0.25, 0.3) is 5.91 Å². The fourth-order valence-corrected chi connectivity index (χ4v) is 5.22. The molecule has 0 atom stereocenters. The maximum atomic E-state index is 13.0. The number of piperazine rings is 1. The maximum Gasteiger partial charge on any atom is 0.264 e. The van der Waals surface area contributed by atoms with Gasteiger partial charge in [0.05, 0.1) is 10.4 Å². The Morgan fingerprint density at radius 3 is 2.66 bits per heavy atom. The number of hydrogen-bond donors (Lipinski definition) is 2. The van der Waals surface area contributed by atoms with Crippen LogP contribution in [0.4, 0.5) is 11.6 Å². The summed E-state index contributed by atoms with van der Waals surface area (Å²) in [6.07, 6.45) is 1.81. The second-order valence-corrected chi connectivity index (χ2v) is 9.41. The maximum absolute atomic E-state index is 13.0. The number of rotatable bonds is 5. The van der Waals surface area contributed by atoms with Gasteiger partial charge in [-0.05, 0) is 42.5 Å². The smallest absolute Gasteiger partial charge is 0.264 e. The highest BCUT2D eigenvalue weighted by Gasteiger charge is 2.21. The number of thiophene rings is 1. The summed E-state index contributed by atoms with van der Waals surface area (Å²) >= 11 is 1.52. The third kappa shape index (κ3) is 4.53. The molecular formula is C27H23N5O2S. The van der Waals surface area contributed by atoms with Crippen molar-refractivity contribution in [3.63, 3.8) is 0 Å². The molecule has 1 aliphatic rings. The molecule has 7 nitrogen and oxygen atoms in total. The molecule has 2 N–H and O–H groups in total. The molecular weight excluding hydrogens is 458 g/mol. The van der Waals surface area contributed by atoms with Crippen molar-refractivity contribution < 1.29 is 9.53 Å². The minimum Gasteiger partial charge on any atom is -0.457 e. The Morgan fingerprint density at radius 1 is 0.971 bits per heavy atom. The molecule has 0 aliphatic carbocycles. The molecule has 3 aromatic carbocycles. The summed E-state index contributed by atoms with van der Waals surface area (Å²) < 4.78 is 6.98. The van der Waals surface area contributed by atoms with Crippen LogP contribution < -0.4 is 15.4 Å². The number of nitrogens with zero attached hydrogens (tertiary/aromatic N) is 3. The topological polar surface area (TPSA) is 79.4 Å². The molecule has 0 bridgehead atoms. The predicted octanol–water partition coefficient (Wildman–Crippen LogP) is 5.43. The van der Waals surface area contributed by atoms with Gasteiger partial charge in [-0.15, -0.1) is 11.3 Å². The van der Waals surface area contributed by atoms with Crippen molar-refractivity contribution in [2.45, 2.75) is 0 Å². The Balaban J connectivity index is 1.29. The zero-order valence-corrected chi connectivity index (χ0v) is 19.7. The van der Waals surface area contributed by atoms with E-state index in [1.807, 2.05) is 83.9 Å². The molecule has 0 radical (unpaired) electrons. The Labute approximate surface area is 206 Å². The lowest BCUT2D eigenvalue weighted by molar-refractivity contribution is 0.0741. The second-order valence-electron chi connectivity index (χ2n) is 8.33. The van der Waals surface area contributed by atoms with Crippen LogP contribution >= 0.6 is 11.3 Å². The van der Waals surface area contributed by atoms with E-state index in [1.165, 1.54) is 11.3 Å². The first-order valence-electron chi connectivity index (χ1n) is 11.5. The first kappa shape index (κ1) is 21.5. The average Bonchev–Trinajstić information content (AvgIpc) is 3.35. The fourth-order valence-electron chi connectivity index (χ4n) is 4.19. The van der Waals surface area contributed by atoms with Crippen molar-refractivity contribution in [2.24, 2.45) is 0 Å². The number of amides is 1. The Bertz CT molecular complexity index is 1510. The van der Waals surface area contributed by atoms with Gasteiger partial charge in [0, 0.05) is 59.6 Å². The molecule has 5 aromatic rings. The third-order valence-corrected chi connectivity index (χ3v) is 7.02. The highest BCUT2D eigenvalue weighted by Crippen LogP contribution is 2.33. The van der Waals surface area contributed by atoms with Crippen LogP contribution in [0, 0.1) is 0 Å². The van der Waals surface area contributed by atoms with Gasteiger partial charge in [-0.1, -0.05) is 24.3 Å². The monoisotopic (exact) mass is 481 g/mol. The van der Waals surface area contributed by atoms with E-state index in [0.717, 1.165) is 69.2 Å². The zero-order chi connectivity index (χ0) is 23.6. The van der Waals surface area contributed by atoms with E-state index in [1.54, 1.807) is 0 Å². The number of carbonyl (C=O) groups excluding carboxylic acids is 1. The van der Waals surface area contributed by atoms with Crippen molar-refractivity contribution in [3.05, 3.63) is 83.9 Å². The Hall–Kier alpha value is -4.01. The van der Waals surface area contributed by atoms with E-state index in [-0.39, 0.29) is 5.91 Å². The Kier molecular flexibility index (Phi) is 5.73. The van der Waals surface area contributed by atoms with Crippen LogP contribution in [0.25, 0.3) is 21.0 Å². The molecule has 1 aliphatic heterocycles. The lowest BCUT2D eigenvalue weighted by Crippen LogP contribution is -2.46. The van der Waals surface area contributed by atoms with Crippen LogP contribution in [-0.2, 0) is 0 Å². The van der Waals surface area contributed by atoms with E-state index in [2.05, 4.69) is 15.6 Å². The molecule has 0 saturated carbocycles. The van der Waals surface area contributed by atoms with E-state index in [0.29, 0.717) is 5.95 Å². The van der Waals surface area contributed by atoms with E-state index in [4.69, 9.17) is 9.72 Å². The number of ether oxygens (including phenoxy) is 1. The third-order valence-electron chi connectivity index (χ3n) is 5.93. The van der Waals surface area contributed by atoms with E-state index in [9.17, 15) is 4.79 Å². The molecule has 174 valence electrons. The van der Waals surface area contributed by atoms with Crippen molar-refractivity contribution in [1.29, 1.82) is 0 Å². The lowest BCUT2D eigenvalue weighted by atomic mass is 10.1. The number of fused-ring (bicyclic) bond motifs is 3. The largest absolute Gasteiger partial charge is 0.457 e. The standard InChI is InChI=1S/C27H23N5O2S/c33-26(32-13-11-28-12-14-32)24-16-22-23(35-24)10-9-18-17-29-27(31-25(18)22)30-19-5-4-8-21(15-19)34-20-6-2-1-3-7-20/h1-10,15-17,28H,11-14H2,(H,29,30,31). The second kappa shape index (κ2) is 9.32. The molecule has 1 saturated heterocycles. The molecule has 0 unspecified atom stereocenters. The molecule has 1 fully saturated rings. The molecule has 35 heavy (non-hydrogen) atoms. The molecule has 2 aromatic heterocycles.